The van der Waals surface area contributed by atoms with Gasteiger partial charge in [-0.05, 0) is 103 Å². The fraction of sp³-hybridized carbons (Fsp3) is 0.839. The number of ether oxygens (including phenoxy) is 5. The standard InChI is InChI=1S/C12H23O7P.C7H14ClO4P.C6H12O3.C5H10O3.CH3Cl2OP/c1-6-16-11(13)9(3)8-18-20(5,15)19-10(4)12(14)17-7-2;1-4-11-7(9)6(2)5-12-13(3,8)10;1-3-9-6(8)5(2)4-7;1-3-8-5(7)4(2)6;1-5(2,3)4/h9-10H,6-8H2,1-5H3;6H,4-5H2,1-3H3;5,7H,3-4H2,1-2H3;4,6H,3H2,1-2H3;1H3. The predicted octanol–water partition coefficient (Wildman–Crippen LogP) is 6.65. The van der Waals surface area contributed by atoms with E-state index >= 15 is 0 Å². The SMILES string of the molecule is CCOC(=O)C(C)CO.CCOC(=O)C(C)COP(C)(=O)Cl.CCOC(=O)C(C)COP(C)(=O)OC(C)C(=O)OCC.CCOC(=O)C(C)O.CP(=O)(Cl)Cl. The van der Waals surface area contributed by atoms with Gasteiger partial charge < -0.3 is 42.9 Å². The Balaban J connectivity index is -0.000000205. The molecule has 0 aromatic carbocycles. The molecule has 0 aliphatic rings. The number of rotatable bonds is 19. The van der Waals surface area contributed by atoms with E-state index in [1.54, 1.807) is 55.4 Å². The van der Waals surface area contributed by atoms with Gasteiger partial charge in [0.05, 0.1) is 70.6 Å². The van der Waals surface area contributed by atoms with Crippen LogP contribution in [0.2, 0.25) is 0 Å². The van der Waals surface area contributed by atoms with Crippen molar-refractivity contribution in [1.82, 2.24) is 0 Å². The van der Waals surface area contributed by atoms with E-state index in [2.05, 4.69) is 9.47 Å². The molecule has 0 aromatic rings. The molecule has 0 saturated heterocycles. The molecule has 18 nitrogen and oxygen atoms in total. The highest BCUT2D eigenvalue weighted by atomic mass is 35.9. The van der Waals surface area contributed by atoms with E-state index in [1.165, 1.54) is 33.8 Å². The number of halogens is 3. The van der Waals surface area contributed by atoms with E-state index in [1.807, 2.05) is 0 Å². The first kappa shape index (κ1) is 62.9. The summed E-state index contributed by atoms with van der Waals surface area (Å²) in [6.45, 7) is 18.2. The van der Waals surface area contributed by atoms with Crippen LogP contribution in [0.4, 0.5) is 0 Å². The van der Waals surface area contributed by atoms with E-state index in [0.717, 1.165) is 0 Å². The Bertz CT molecular complexity index is 1200. The Kier molecular flexibility index (Phi) is 41.0. The maximum atomic E-state index is 12.0. The van der Waals surface area contributed by atoms with E-state index in [0.29, 0.717) is 19.8 Å². The minimum atomic E-state index is -3.45. The molecule has 0 radical (unpaired) electrons. The van der Waals surface area contributed by atoms with E-state index in [-0.39, 0.29) is 50.9 Å². The van der Waals surface area contributed by atoms with Gasteiger partial charge in [-0.25, -0.2) is 9.59 Å². The zero-order valence-corrected chi connectivity index (χ0v) is 38.9. The molecule has 330 valence electrons. The van der Waals surface area contributed by atoms with Crippen molar-refractivity contribution in [3.63, 3.8) is 0 Å². The largest absolute Gasteiger partial charge is 0.466 e. The van der Waals surface area contributed by atoms with Crippen LogP contribution < -0.4 is 0 Å². The first-order valence-corrected chi connectivity index (χ1v) is 25.8. The summed E-state index contributed by atoms with van der Waals surface area (Å²) in [5, 5.41) is 16.9. The smallest absolute Gasteiger partial charge is 0.335 e. The van der Waals surface area contributed by atoms with Crippen LogP contribution in [0.25, 0.3) is 0 Å². The molecule has 24 heteroatoms. The maximum Gasteiger partial charge on any atom is 0.335 e. The third kappa shape index (κ3) is 48.8. The number of aliphatic hydroxyl groups excluding tert-OH is 2. The average Bonchev–Trinajstić information content (AvgIpc) is 3.05. The number of esters is 5. The van der Waals surface area contributed by atoms with Gasteiger partial charge in [0.2, 0.25) is 5.85 Å². The molecule has 0 spiro atoms. The summed E-state index contributed by atoms with van der Waals surface area (Å²) in [6, 6.07) is 0. The lowest BCUT2D eigenvalue weighted by Gasteiger charge is -2.19. The van der Waals surface area contributed by atoms with Gasteiger partial charge in [0.25, 0.3) is 6.72 Å². The van der Waals surface area contributed by atoms with Crippen LogP contribution >= 0.6 is 53.9 Å². The third-order valence-electron chi connectivity index (χ3n) is 5.05. The molecule has 0 amide bonds. The molecule has 7 atom stereocenters. The summed E-state index contributed by atoms with van der Waals surface area (Å²) in [5.74, 6) is -6.40. The van der Waals surface area contributed by atoms with E-state index in [9.17, 15) is 37.7 Å². The number of hydrogen-bond acceptors (Lipinski definition) is 18. The fourth-order valence-corrected chi connectivity index (χ4v) is 4.31. The number of aliphatic hydroxyl groups is 2. The summed E-state index contributed by atoms with van der Waals surface area (Å²) in [7, 11) is -3.45. The lowest BCUT2D eigenvalue weighted by molar-refractivity contribution is -0.152. The van der Waals surface area contributed by atoms with Crippen molar-refractivity contribution in [3.05, 3.63) is 0 Å². The van der Waals surface area contributed by atoms with Gasteiger partial charge in [0.15, 0.2) is 6.10 Å². The quantitative estimate of drug-likeness (QED) is 0.0781. The molecule has 0 rings (SSSR count). The van der Waals surface area contributed by atoms with Crippen molar-refractivity contribution >= 4 is 83.7 Å². The van der Waals surface area contributed by atoms with Crippen LogP contribution in [0.1, 0.15) is 69.2 Å². The van der Waals surface area contributed by atoms with Gasteiger partial charge in [-0.2, -0.15) is 0 Å². The van der Waals surface area contributed by atoms with Crippen molar-refractivity contribution in [2.45, 2.75) is 81.4 Å². The summed E-state index contributed by atoms with van der Waals surface area (Å²) < 4.78 is 70.8. The number of carbonyl (C=O) groups is 5. The highest BCUT2D eigenvalue weighted by Crippen LogP contribution is 2.52. The summed E-state index contributed by atoms with van der Waals surface area (Å²) in [5.41, 5.74) is 0. The Morgan fingerprint density at radius 2 is 0.836 bits per heavy atom. The van der Waals surface area contributed by atoms with E-state index in [4.69, 9.17) is 71.7 Å². The first-order valence-electron chi connectivity index (χ1n) is 16.9. The van der Waals surface area contributed by atoms with Gasteiger partial charge in [-0.3, -0.25) is 32.6 Å². The van der Waals surface area contributed by atoms with Crippen LogP contribution in [0.3, 0.4) is 0 Å². The molecule has 0 saturated carbocycles. The monoisotopic (exact) mass is 920 g/mol. The number of hydrogen-bond donors (Lipinski definition) is 2. The van der Waals surface area contributed by atoms with Crippen LogP contribution in [0.5, 0.6) is 0 Å². The minimum Gasteiger partial charge on any atom is -0.466 e. The van der Waals surface area contributed by atoms with Crippen molar-refractivity contribution in [2.75, 3.05) is 72.8 Å². The molecule has 2 N–H and O–H groups in total. The average molecular weight is 922 g/mol. The third-order valence-corrected chi connectivity index (χ3v) is 7.27. The predicted molar refractivity (Wildman–Crippen MR) is 210 cm³/mol. The molecule has 0 fully saturated rings. The van der Waals surface area contributed by atoms with Crippen molar-refractivity contribution in [3.8, 4) is 0 Å². The maximum absolute atomic E-state index is 12.0. The van der Waals surface area contributed by atoms with Crippen LogP contribution in [-0.2, 0) is 74.9 Å². The lowest BCUT2D eigenvalue weighted by atomic mass is 10.2. The minimum absolute atomic E-state index is 0.0239. The molecule has 0 aliphatic carbocycles. The summed E-state index contributed by atoms with van der Waals surface area (Å²) in [6.07, 6.45) is -1.99. The van der Waals surface area contributed by atoms with Gasteiger partial charge in [-0.15, -0.1) is 0 Å². The zero-order valence-electron chi connectivity index (χ0n) is 33.9. The molecular weight excluding hydrogens is 860 g/mol. The van der Waals surface area contributed by atoms with E-state index < -0.39 is 62.1 Å². The van der Waals surface area contributed by atoms with Gasteiger partial charge in [0.1, 0.15) is 6.10 Å². The Hall–Kier alpha value is -1.29. The van der Waals surface area contributed by atoms with Crippen molar-refractivity contribution in [2.24, 2.45) is 17.8 Å². The van der Waals surface area contributed by atoms with Crippen molar-refractivity contribution < 1.29 is 85.1 Å². The molecule has 7 unspecified atom stereocenters. The Labute approximate surface area is 339 Å². The lowest BCUT2D eigenvalue weighted by Crippen LogP contribution is -2.24. The van der Waals surface area contributed by atoms with Gasteiger partial charge >= 0.3 is 37.4 Å². The highest BCUT2D eigenvalue weighted by Gasteiger charge is 2.28. The van der Waals surface area contributed by atoms with Crippen LogP contribution in [0.15, 0.2) is 0 Å². The fourth-order valence-electron chi connectivity index (χ4n) is 2.44. The molecule has 0 aromatic heterocycles. The second-order valence-electron chi connectivity index (χ2n) is 10.9. The molecule has 0 aliphatic heterocycles. The Morgan fingerprint density at radius 1 is 0.545 bits per heavy atom. The second-order valence-corrected chi connectivity index (χ2v) is 22.3. The molecule has 0 heterocycles. The normalized spacial score (nSPS) is 15.3. The second kappa shape index (κ2) is 35.8. The van der Waals surface area contributed by atoms with Crippen LogP contribution in [-0.4, -0.2) is 125 Å². The summed E-state index contributed by atoms with van der Waals surface area (Å²) in [4.78, 5) is 54.6. The molecule has 0 bridgehead atoms. The zero-order chi connectivity index (χ0) is 44.6. The molecular formula is C31H62Cl3O18P3. The van der Waals surface area contributed by atoms with Gasteiger partial charge in [-0.1, -0.05) is 0 Å². The topological polar surface area (TPSA) is 251 Å². The Morgan fingerprint density at radius 3 is 1.11 bits per heavy atom. The first-order chi connectivity index (χ1) is 25.0. The summed E-state index contributed by atoms with van der Waals surface area (Å²) >= 11 is 15.0. The van der Waals surface area contributed by atoms with Crippen LogP contribution in [0, 0.1) is 17.8 Å². The molecule has 55 heavy (non-hydrogen) atoms. The van der Waals surface area contributed by atoms with Gasteiger partial charge in [0, 0.05) is 20.0 Å². The van der Waals surface area contributed by atoms with Crippen molar-refractivity contribution in [1.29, 1.82) is 0 Å². The number of carbonyl (C=O) groups excluding carboxylic acids is 5. The highest BCUT2D eigenvalue weighted by molar-refractivity contribution is 8.08.